The third-order valence-corrected chi connectivity index (χ3v) is 5.06. The number of benzene rings is 2. The van der Waals surface area contributed by atoms with Crippen LogP contribution in [-0.2, 0) is 0 Å². The van der Waals surface area contributed by atoms with Gasteiger partial charge < -0.3 is 9.73 Å². The highest BCUT2D eigenvalue weighted by molar-refractivity contribution is 6.00. The summed E-state index contributed by atoms with van der Waals surface area (Å²) >= 11 is 0. The van der Waals surface area contributed by atoms with E-state index in [1.807, 2.05) is 18.2 Å². The molecule has 1 aromatic heterocycles. The predicted molar refractivity (Wildman–Crippen MR) is 102 cm³/mol. The van der Waals surface area contributed by atoms with Crippen molar-refractivity contribution >= 4 is 5.91 Å². The predicted octanol–water partition coefficient (Wildman–Crippen LogP) is 5.07. The molecule has 2 aromatic carbocycles. The van der Waals surface area contributed by atoms with Gasteiger partial charge in [0.25, 0.3) is 5.91 Å². The van der Waals surface area contributed by atoms with E-state index in [1.165, 1.54) is 37.8 Å². The zero-order chi connectivity index (χ0) is 18.6. The van der Waals surface area contributed by atoms with Crippen LogP contribution < -0.4 is 5.32 Å². The Bertz CT molecular complexity index is 927. The average molecular weight is 364 g/mol. The summed E-state index contributed by atoms with van der Waals surface area (Å²) in [6.07, 6.45) is 6.46. The molecule has 1 aliphatic carbocycles. The number of halogens is 1. The number of oxazole rings is 1. The quantitative estimate of drug-likeness (QED) is 0.688. The Hall–Kier alpha value is -2.95. The Morgan fingerprint density at radius 2 is 1.85 bits per heavy atom. The summed E-state index contributed by atoms with van der Waals surface area (Å²) in [5.41, 5.74) is 1.93. The number of nitrogens with one attached hydrogen (secondary N) is 1. The van der Waals surface area contributed by atoms with Crippen LogP contribution in [-0.4, -0.2) is 17.4 Å². The second kappa shape index (κ2) is 7.74. The van der Waals surface area contributed by atoms with Crippen molar-refractivity contribution in [1.29, 1.82) is 0 Å². The third kappa shape index (κ3) is 3.92. The Morgan fingerprint density at radius 1 is 1.11 bits per heavy atom. The van der Waals surface area contributed by atoms with Crippen molar-refractivity contribution in [1.82, 2.24) is 10.3 Å². The molecule has 1 saturated carbocycles. The number of hydrogen-bond donors (Lipinski definition) is 1. The summed E-state index contributed by atoms with van der Waals surface area (Å²) in [4.78, 5) is 17.0. The lowest BCUT2D eigenvalue weighted by Crippen LogP contribution is -2.28. The van der Waals surface area contributed by atoms with Gasteiger partial charge in [-0.25, -0.2) is 9.37 Å². The number of rotatable bonds is 5. The Balaban J connectivity index is 1.55. The summed E-state index contributed by atoms with van der Waals surface area (Å²) in [7, 11) is 0. The van der Waals surface area contributed by atoms with Gasteiger partial charge in [0, 0.05) is 17.7 Å². The lowest BCUT2D eigenvalue weighted by atomic mass is 10.1. The summed E-state index contributed by atoms with van der Waals surface area (Å²) < 4.78 is 19.0. The van der Waals surface area contributed by atoms with E-state index >= 15 is 0 Å². The van der Waals surface area contributed by atoms with Crippen molar-refractivity contribution in [2.45, 2.75) is 25.7 Å². The van der Waals surface area contributed by atoms with Crippen LogP contribution in [0.4, 0.5) is 4.39 Å². The molecule has 138 valence electrons. The van der Waals surface area contributed by atoms with Crippen LogP contribution in [0.3, 0.4) is 0 Å². The molecule has 1 amide bonds. The van der Waals surface area contributed by atoms with Gasteiger partial charge in [0.1, 0.15) is 5.82 Å². The minimum absolute atomic E-state index is 0.112. The molecule has 27 heavy (non-hydrogen) atoms. The second-order valence-electron chi connectivity index (χ2n) is 6.94. The minimum atomic E-state index is -0.303. The van der Waals surface area contributed by atoms with Gasteiger partial charge in [0.2, 0.25) is 5.89 Å². The second-order valence-corrected chi connectivity index (χ2v) is 6.94. The molecule has 1 N–H and O–H groups in total. The van der Waals surface area contributed by atoms with Crippen molar-refractivity contribution in [2.24, 2.45) is 5.92 Å². The van der Waals surface area contributed by atoms with Crippen LogP contribution in [0.2, 0.25) is 0 Å². The molecular formula is C22H21FN2O2. The van der Waals surface area contributed by atoms with Gasteiger partial charge in [-0.3, -0.25) is 4.79 Å². The van der Waals surface area contributed by atoms with E-state index in [1.54, 1.807) is 24.4 Å². The molecule has 0 atom stereocenters. The molecule has 0 aliphatic heterocycles. The van der Waals surface area contributed by atoms with Crippen LogP contribution in [0.5, 0.6) is 0 Å². The molecule has 1 fully saturated rings. The number of carbonyl (C=O) groups is 1. The number of nitrogens with zero attached hydrogens (tertiary/aromatic N) is 1. The van der Waals surface area contributed by atoms with Crippen molar-refractivity contribution < 1.29 is 13.6 Å². The minimum Gasteiger partial charge on any atom is -0.436 e. The maximum absolute atomic E-state index is 13.1. The maximum atomic E-state index is 13.1. The Morgan fingerprint density at radius 3 is 2.63 bits per heavy atom. The normalized spacial score (nSPS) is 14.4. The zero-order valence-electron chi connectivity index (χ0n) is 15.0. The topological polar surface area (TPSA) is 55.1 Å². The van der Waals surface area contributed by atoms with Gasteiger partial charge in [-0.05, 0) is 55.2 Å². The molecule has 1 heterocycles. The number of hydrogen-bond acceptors (Lipinski definition) is 3. The fourth-order valence-corrected chi connectivity index (χ4v) is 3.56. The summed E-state index contributed by atoms with van der Waals surface area (Å²) in [5.74, 6) is 1.07. The standard InChI is InChI=1S/C22H21FN2O2/c23-17-11-9-16(10-12-17)20-14-25-22(27-20)19-8-4-3-7-18(19)21(26)24-13-15-5-1-2-6-15/h3-4,7-12,14-15H,1-2,5-6,13H2,(H,24,26). The molecule has 0 bridgehead atoms. The number of aromatic nitrogens is 1. The Labute approximate surface area is 157 Å². The number of carbonyl (C=O) groups excluding carboxylic acids is 1. The average Bonchev–Trinajstić information content (AvgIpc) is 3.39. The summed E-state index contributed by atoms with van der Waals surface area (Å²) in [5, 5.41) is 3.05. The Kier molecular flexibility index (Phi) is 5.01. The first-order valence-electron chi connectivity index (χ1n) is 9.30. The molecule has 5 heteroatoms. The molecule has 0 saturated heterocycles. The van der Waals surface area contributed by atoms with Gasteiger partial charge in [0.15, 0.2) is 5.76 Å². The number of amides is 1. The summed E-state index contributed by atoms with van der Waals surface area (Å²) in [6, 6.07) is 13.3. The highest BCUT2D eigenvalue weighted by Gasteiger charge is 2.19. The van der Waals surface area contributed by atoms with Crippen molar-refractivity contribution in [3.63, 3.8) is 0 Å². The van der Waals surface area contributed by atoms with Crippen LogP contribution in [0.25, 0.3) is 22.8 Å². The smallest absolute Gasteiger partial charge is 0.252 e. The lowest BCUT2D eigenvalue weighted by Gasteiger charge is -2.12. The first-order valence-corrected chi connectivity index (χ1v) is 9.30. The maximum Gasteiger partial charge on any atom is 0.252 e. The van der Waals surface area contributed by atoms with E-state index in [4.69, 9.17) is 4.42 Å². The van der Waals surface area contributed by atoms with Crippen molar-refractivity contribution in [3.05, 3.63) is 66.1 Å². The monoisotopic (exact) mass is 364 g/mol. The van der Waals surface area contributed by atoms with Crippen LogP contribution in [0.1, 0.15) is 36.0 Å². The van der Waals surface area contributed by atoms with Crippen LogP contribution >= 0.6 is 0 Å². The molecule has 0 radical (unpaired) electrons. The van der Waals surface area contributed by atoms with Crippen molar-refractivity contribution in [2.75, 3.05) is 6.54 Å². The van der Waals surface area contributed by atoms with Gasteiger partial charge >= 0.3 is 0 Å². The molecule has 4 rings (SSSR count). The molecule has 1 aliphatic rings. The van der Waals surface area contributed by atoms with E-state index in [9.17, 15) is 9.18 Å². The first kappa shape index (κ1) is 17.5. The molecule has 0 spiro atoms. The van der Waals surface area contributed by atoms with Gasteiger partial charge in [0.05, 0.1) is 11.8 Å². The van der Waals surface area contributed by atoms with Gasteiger partial charge in [-0.15, -0.1) is 0 Å². The lowest BCUT2D eigenvalue weighted by molar-refractivity contribution is 0.0948. The molecular weight excluding hydrogens is 343 g/mol. The molecule has 3 aromatic rings. The van der Waals surface area contributed by atoms with E-state index in [0.717, 1.165) is 5.56 Å². The summed E-state index contributed by atoms with van der Waals surface area (Å²) in [6.45, 7) is 0.708. The van der Waals surface area contributed by atoms with E-state index in [-0.39, 0.29) is 11.7 Å². The van der Waals surface area contributed by atoms with E-state index < -0.39 is 0 Å². The fraction of sp³-hybridized carbons (Fsp3) is 0.273. The highest BCUT2D eigenvalue weighted by Crippen LogP contribution is 2.29. The van der Waals surface area contributed by atoms with Crippen LogP contribution in [0, 0.1) is 11.7 Å². The van der Waals surface area contributed by atoms with Gasteiger partial charge in [-0.1, -0.05) is 25.0 Å². The zero-order valence-corrected chi connectivity index (χ0v) is 15.0. The highest BCUT2D eigenvalue weighted by atomic mass is 19.1. The third-order valence-electron chi connectivity index (χ3n) is 5.06. The first-order chi connectivity index (χ1) is 13.2. The van der Waals surface area contributed by atoms with Crippen molar-refractivity contribution in [3.8, 4) is 22.8 Å². The van der Waals surface area contributed by atoms with Crippen LogP contribution in [0.15, 0.2) is 59.1 Å². The largest absolute Gasteiger partial charge is 0.436 e. The molecule has 4 nitrogen and oxygen atoms in total. The van der Waals surface area contributed by atoms with E-state index in [0.29, 0.717) is 35.2 Å². The fourth-order valence-electron chi connectivity index (χ4n) is 3.56. The van der Waals surface area contributed by atoms with Gasteiger partial charge in [-0.2, -0.15) is 0 Å². The molecule has 0 unspecified atom stereocenters. The SMILES string of the molecule is O=C(NCC1CCCC1)c1ccccc1-c1ncc(-c2ccc(F)cc2)o1. The van der Waals surface area contributed by atoms with E-state index in [2.05, 4.69) is 10.3 Å².